The lowest BCUT2D eigenvalue weighted by Gasteiger charge is -2.25. The minimum Gasteiger partial charge on any atom is -0.466 e. The van der Waals surface area contributed by atoms with Crippen LogP contribution in [0.15, 0.2) is 0 Å². The van der Waals surface area contributed by atoms with Gasteiger partial charge in [-0.1, -0.05) is 27.7 Å². The first-order valence-electron chi connectivity index (χ1n) is 8.62. The normalized spacial score (nSPS) is 11.0. The van der Waals surface area contributed by atoms with Gasteiger partial charge in [0.05, 0.1) is 13.0 Å². The Balaban J connectivity index is 4.25. The van der Waals surface area contributed by atoms with Crippen molar-refractivity contribution in [2.45, 2.75) is 53.9 Å². The smallest absolute Gasteiger partial charge is 0.307 e. The predicted molar refractivity (Wildman–Crippen MR) is 89.7 cm³/mol. The van der Waals surface area contributed by atoms with Crippen molar-refractivity contribution in [3.05, 3.63) is 0 Å². The fraction of sp³-hybridized carbons (Fsp3) is 0.882. The lowest BCUT2D eigenvalue weighted by molar-refractivity contribution is -0.144. The highest BCUT2D eigenvalue weighted by atomic mass is 16.5. The number of nitrogens with zero attached hydrogens (tertiary/aromatic N) is 2. The summed E-state index contributed by atoms with van der Waals surface area (Å²) in [5.74, 6) is -0.149. The van der Waals surface area contributed by atoms with Crippen molar-refractivity contribution in [1.29, 1.82) is 0 Å². The SMILES string of the molecule is CCOC(=O)CCN(CCCCN(CC)CC)C(=O)C(C)C. The van der Waals surface area contributed by atoms with Crippen molar-refractivity contribution >= 4 is 11.9 Å². The Morgan fingerprint density at radius 1 is 0.955 bits per heavy atom. The average Bonchev–Trinajstić information content (AvgIpc) is 2.49. The number of unbranched alkanes of at least 4 members (excludes halogenated alkanes) is 1. The number of ether oxygens (including phenoxy) is 1. The van der Waals surface area contributed by atoms with Gasteiger partial charge in [0.1, 0.15) is 0 Å². The van der Waals surface area contributed by atoms with Crippen molar-refractivity contribution in [1.82, 2.24) is 9.80 Å². The molecule has 5 heteroatoms. The van der Waals surface area contributed by atoms with Gasteiger partial charge in [-0.05, 0) is 39.4 Å². The zero-order chi connectivity index (χ0) is 17.0. The van der Waals surface area contributed by atoms with E-state index in [-0.39, 0.29) is 24.2 Å². The number of amides is 1. The van der Waals surface area contributed by atoms with Gasteiger partial charge in [-0.3, -0.25) is 9.59 Å². The summed E-state index contributed by atoms with van der Waals surface area (Å²) in [6, 6.07) is 0. The number of hydrogen-bond donors (Lipinski definition) is 0. The van der Waals surface area contributed by atoms with E-state index in [1.165, 1.54) is 0 Å². The maximum Gasteiger partial charge on any atom is 0.307 e. The molecule has 0 N–H and O–H groups in total. The van der Waals surface area contributed by atoms with Crippen LogP contribution in [0.1, 0.15) is 53.9 Å². The van der Waals surface area contributed by atoms with Crippen LogP contribution >= 0.6 is 0 Å². The second-order valence-electron chi connectivity index (χ2n) is 5.77. The largest absolute Gasteiger partial charge is 0.466 e. The number of carbonyl (C=O) groups excluding carboxylic acids is 2. The molecule has 0 rings (SSSR count). The van der Waals surface area contributed by atoms with Gasteiger partial charge >= 0.3 is 5.97 Å². The Morgan fingerprint density at radius 3 is 2.05 bits per heavy atom. The molecule has 0 spiro atoms. The molecular weight excluding hydrogens is 280 g/mol. The molecule has 0 saturated carbocycles. The van der Waals surface area contributed by atoms with E-state index < -0.39 is 0 Å². The molecule has 0 aliphatic carbocycles. The molecule has 0 aromatic heterocycles. The quantitative estimate of drug-likeness (QED) is 0.410. The summed E-state index contributed by atoms with van der Waals surface area (Å²) in [5.41, 5.74) is 0. The van der Waals surface area contributed by atoms with Crippen LogP contribution in [0.3, 0.4) is 0 Å². The van der Waals surface area contributed by atoms with Crippen LogP contribution in [0, 0.1) is 5.92 Å². The fourth-order valence-electron chi connectivity index (χ4n) is 2.33. The van der Waals surface area contributed by atoms with Gasteiger partial charge in [0, 0.05) is 19.0 Å². The van der Waals surface area contributed by atoms with Crippen LogP contribution in [0.4, 0.5) is 0 Å². The lowest BCUT2D eigenvalue weighted by atomic mass is 10.1. The number of esters is 1. The Bertz CT molecular complexity index is 315. The van der Waals surface area contributed by atoms with Gasteiger partial charge in [0.25, 0.3) is 0 Å². The third kappa shape index (κ3) is 9.03. The summed E-state index contributed by atoms with van der Waals surface area (Å²) in [5, 5.41) is 0. The van der Waals surface area contributed by atoms with E-state index >= 15 is 0 Å². The molecule has 0 aromatic carbocycles. The lowest BCUT2D eigenvalue weighted by Crippen LogP contribution is -2.37. The Kier molecular flexibility index (Phi) is 11.8. The third-order valence-electron chi connectivity index (χ3n) is 3.74. The van der Waals surface area contributed by atoms with E-state index in [0.29, 0.717) is 13.2 Å². The summed E-state index contributed by atoms with van der Waals surface area (Å²) < 4.78 is 4.94. The highest BCUT2D eigenvalue weighted by Crippen LogP contribution is 2.06. The molecule has 1 amide bonds. The van der Waals surface area contributed by atoms with Crippen LogP contribution < -0.4 is 0 Å². The van der Waals surface area contributed by atoms with Crippen LogP contribution in [0.25, 0.3) is 0 Å². The van der Waals surface area contributed by atoms with E-state index in [4.69, 9.17) is 4.74 Å². The second-order valence-corrected chi connectivity index (χ2v) is 5.77. The summed E-state index contributed by atoms with van der Waals surface area (Å²) in [7, 11) is 0. The molecule has 22 heavy (non-hydrogen) atoms. The topological polar surface area (TPSA) is 49.9 Å². The van der Waals surface area contributed by atoms with Gasteiger partial charge in [0.2, 0.25) is 5.91 Å². The van der Waals surface area contributed by atoms with Crippen molar-refractivity contribution in [2.24, 2.45) is 5.92 Å². The molecule has 0 bridgehead atoms. The molecule has 0 radical (unpaired) electrons. The van der Waals surface area contributed by atoms with Gasteiger partial charge in [0.15, 0.2) is 0 Å². The number of hydrogen-bond acceptors (Lipinski definition) is 4. The van der Waals surface area contributed by atoms with Gasteiger partial charge < -0.3 is 14.5 Å². The molecule has 0 atom stereocenters. The summed E-state index contributed by atoms with van der Waals surface area (Å²) in [6.45, 7) is 14.7. The van der Waals surface area contributed by atoms with Crippen molar-refractivity contribution in [2.75, 3.05) is 39.3 Å². The number of carbonyl (C=O) groups is 2. The zero-order valence-corrected chi connectivity index (χ0v) is 15.1. The van der Waals surface area contributed by atoms with Crippen molar-refractivity contribution in [3.8, 4) is 0 Å². The van der Waals surface area contributed by atoms with Crippen molar-refractivity contribution in [3.63, 3.8) is 0 Å². The van der Waals surface area contributed by atoms with E-state index in [2.05, 4.69) is 18.7 Å². The third-order valence-corrected chi connectivity index (χ3v) is 3.74. The zero-order valence-electron chi connectivity index (χ0n) is 15.1. The molecule has 0 fully saturated rings. The molecule has 5 nitrogen and oxygen atoms in total. The molecule has 0 heterocycles. The van der Waals surface area contributed by atoms with Crippen LogP contribution in [0.2, 0.25) is 0 Å². The Hall–Kier alpha value is -1.10. The molecule has 0 saturated heterocycles. The molecule has 130 valence electrons. The average molecular weight is 314 g/mol. The van der Waals surface area contributed by atoms with E-state index in [9.17, 15) is 9.59 Å². The van der Waals surface area contributed by atoms with E-state index in [1.54, 1.807) is 6.92 Å². The molecular formula is C17H34N2O3. The van der Waals surface area contributed by atoms with Gasteiger partial charge in [-0.2, -0.15) is 0 Å². The van der Waals surface area contributed by atoms with Crippen LogP contribution in [-0.2, 0) is 14.3 Å². The van der Waals surface area contributed by atoms with E-state index in [1.807, 2.05) is 18.7 Å². The standard InChI is InChI=1S/C17H34N2O3/c1-6-18(7-2)12-9-10-13-19(17(21)15(4)5)14-11-16(20)22-8-3/h15H,6-14H2,1-5H3. The molecule has 0 aromatic rings. The first-order valence-corrected chi connectivity index (χ1v) is 8.62. The maximum absolute atomic E-state index is 12.2. The molecule has 0 aliphatic heterocycles. The van der Waals surface area contributed by atoms with Gasteiger partial charge in [-0.15, -0.1) is 0 Å². The van der Waals surface area contributed by atoms with Crippen molar-refractivity contribution < 1.29 is 14.3 Å². The molecule has 0 unspecified atom stereocenters. The van der Waals surface area contributed by atoms with Gasteiger partial charge in [-0.25, -0.2) is 0 Å². The first-order chi connectivity index (χ1) is 10.5. The monoisotopic (exact) mass is 314 g/mol. The Labute approximate surface area is 136 Å². The maximum atomic E-state index is 12.2. The highest BCUT2D eigenvalue weighted by Gasteiger charge is 2.18. The fourth-order valence-corrected chi connectivity index (χ4v) is 2.33. The van der Waals surface area contributed by atoms with Crippen LogP contribution in [0.5, 0.6) is 0 Å². The first kappa shape index (κ1) is 20.9. The number of rotatable bonds is 12. The minimum absolute atomic E-state index is 0.0371. The second kappa shape index (κ2) is 12.4. The Morgan fingerprint density at radius 2 is 1.55 bits per heavy atom. The highest BCUT2D eigenvalue weighted by molar-refractivity contribution is 5.79. The summed E-state index contributed by atoms with van der Waals surface area (Å²) in [4.78, 5) is 27.9. The molecule has 0 aliphatic rings. The van der Waals surface area contributed by atoms with E-state index in [0.717, 1.165) is 39.0 Å². The minimum atomic E-state index is -0.229. The summed E-state index contributed by atoms with van der Waals surface area (Å²) >= 11 is 0. The predicted octanol–water partition coefficient (Wildman–Crippen LogP) is 2.55. The van der Waals surface area contributed by atoms with Crippen LogP contribution in [-0.4, -0.2) is 61.0 Å². The summed E-state index contributed by atoms with van der Waals surface area (Å²) in [6.07, 6.45) is 2.32.